The molecule has 2 aromatic heterocycles. The van der Waals surface area contributed by atoms with Crippen LogP contribution in [0, 0.1) is 19.8 Å². The number of carbonyl (C=O) groups excluding carboxylic acids is 1. The third-order valence-corrected chi connectivity index (χ3v) is 6.31. The van der Waals surface area contributed by atoms with Gasteiger partial charge in [0.25, 0.3) is 5.78 Å². The van der Waals surface area contributed by atoms with E-state index < -0.39 is 0 Å². The van der Waals surface area contributed by atoms with Gasteiger partial charge in [0.2, 0.25) is 11.1 Å². The molecule has 2 aromatic rings. The van der Waals surface area contributed by atoms with Gasteiger partial charge in [0.1, 0.15) is 0 Å². The number of thioether (sulfide) groups is 1. The fourth-order valence-corrected chi connectivity index (χ4v) is 5.06. The fourth-order valence-electron chi connectivity index (χ4n) is 4.35. The van der Waals surface area contributed by atoms with Gasteiger partial charge in [-0.3, -0.25) is 4.79 Å². The van der Waals surface area contributed by atoms with Crippen LogP contribution >= 0.6 is 11.8 Å². The zero-order valence-corrected chi connectivity index (χ0v) is 15.8. The van der Waals surface area contributed by atoms with Gasteiger partial charge in [0.05, 0.1) is 5.75 Å². The predicted octanol–water partition coefficient (Wildman–Crippen LogP) is 3.01. The molecule has 1 aliphatic carbocycles. The highest BCUT2D eigenvalue weighted by Crippen LogP contribution is 2.35. The Bertz CT molecular complexity index is 787. The largest absolute Gasteiger partial charge is 0.339 e. The Morgan fingerprint density at radius 3 is 2.88 bits per heavy atom. The van der Waals surface area contributed by atoms with Gasteiger partial charge < -0.3 is 4.90 Å². The monoisotopic (exact) mass is 359 g/mol. The zero-order chi connectivity index (χ0) is 17.4. The van der Waals surface area contributed by atoms with E-state index in [1.54, 1.807) is 4.52 Å². The standard InChI is InChI=1S/C18H25N5OS/c1-12-10-13(2)23-17(19-12)20-18(21-23)25-11-16(24)22-9-5-7-14-6-3-4-8-15(14)22/h10,14-15H,3-9,11H2,1-2H3/t14-,15+/m1/s1. The summed E-state index contributed by atoms with van der Waals surface area (Å²) in [6, 6.07) is 2.45. The second kappa shape index (κ2) is 6.94. The Labute approximate surface area is 152 Å². The number of hydrogen-bond donors (Lipinski definition) is 0. The van der Waals surface area contributed by atoms with Gasteiger partial charge in [-0.05, 0) is 51.5 Å². The van der Waals surface area contributed by atoms with Crippen LogP contribution in [-0.2, 0) is 4.79 Å². The number of piperidine rings is 1. The van der Waals surface area contributed by atoms with E-state index in [1.165, 1.54) is 43.9 Å². The molecule has 134 valence electrons. The average molecular weight is 359 g/mol. The molecule has 2 fully saturated rings. The molecule has 0 radical (unpaired) electrons. The molecule has 1 saturated heterocycles. The molecule has 1 aliphatic heterocycles. The minimum absolute atomic E-state index is 0.237. The maximum Gasteiger partial charge on any atom is 0.253 e. The van der Waals surface area contributed by atoms with Crippen molar-refractivity contribution in [1.82, 2.24) is 24.5 Å². The molecule has 0 unspecified atom stereocenters. The van der Waals surface area contributed by atoms with Crippen molar-refractivity contribution in [2.45, 2.75) is 63.6 Å². The summed E-state index contributed by atoms with van der Waals surface area (Å²) in [4.78, 5) is 23.8. The number of carbonyl (C=O) groups is 1. The minimum Gasteiger partial charge on any atom is -0.339 e. The number of hydrogen-bond acceptors (Lipinski definition) is 5. The Morgan fingerprint density at radius 2 is 2.00 bits per heavy atom. The number of aromatic nitrogens is 4. The van der Waals surface area contributed by atoms with Gasteiger partial charge in [-0.2, -0.15) is 4.98 Å². The van der Waals surface area contributed by atoms with Crippen LogP contribution in [0.5, 0.6) is 0 Å². The summed E-state index contributed by atoms with van der Waals surface area (Å²) in [6.07, 6.45) is 7.49. The van der Waals surface area contributed by atoms with Gasteiger partial charge in [-0.1, -0.05) is 24.6 Å². The first-order chi connectivity index (χ1) is 12.1. The lowest BCUT2D eigenvalue weighted by Gasteiger charge is -2.44. The van der Waals surface area contributed by atoms with Gasteiger partial charge in [-0.25, -0.2) is 9.50 Å². The van der Waals surface area contributed by atoms with E-state index in [1.807, 2.05) is 19.9 Å². The van der Waals surface area contributed by atoms with Crippen molar-refractivity contribution in [2.75, 3.05) is 12.3 Å². The molecule has 4 rings (SSSR count). The first kappa shape index (κ1) is 16.8. The maximum absolute atomic E-state index is 12.8. The van der Waals surface area contributed by atoms with E-state index in [2.05, 4.69) is 20.0 Å². The van der Waals surface area contributed by atoms with Gasteiger partial charge in [0.15, 0.2) is 0 Å². The third kappa shape index (κ3) is 3.38. The number of aryl methyl sites for hydroxylation is 2. The van der Waals surface area contributed by atoms with Crippen LogP contribution in [0.15, 0.2) is 11.2 Å². The van der Waals surface area contributed by atoms with Crippen LogP contribution in [0.3, 0.4) is 0 Å². The van der Waals surface area contributed by atoms with E-state index in [-0.39, 0.29) is 5.91 Å². The summed E-state index contributed by atoms with van der Waals surface area (Å²) in [6.45, 7) is 4.86. The van der Waals surface area contributed by atoms with Crippen LogP contribution in [-0.4, -0.2) is 48.7 Å². The smallest absolute Gasteiger partial charge is 0.253 e. The lowest BCUT2D eigenvalue weighted by molar-refractivity contribution is -0.134. The van der Waals surface area contributed by atoms with Crippen molar-refractivity contribution in [2.24, 2.45) is 5.92 Å². The van der Waals surface area contributed by atoms with E-state index in [9.17, 15) is 4.79 Å². The molecule has 6 nitrogen and oxygen atoms in total. The Morgan fingerprint density at radius 1 is 1.20 bits per heavy atom. The van der Waals surface area contributed by atoms with Crippen molar-refractivity contribution in [3.8, 4) is 0 Å². The Kier molecular flexibility index (Phi) is 4.67. The number of amides is 1. The maximum atomic E-state index is 12.8. The molecule has 0 N–H and O–H groups in total. The molecular weight excluding hydrogens is 334 g/mol. The highest BCUT2D eigenvalue weighted by atomic mass is 32.2. The Hall–Kier alpha value is -1.63. The van der Waals surface area contributed by atoms with Crippen molar-refractivity contribution < 1.29 is 4.79 Å². The summed E-state index contributed by atoms with van der Waals surface area (Å²) in [7, 11) is 0. The summed E-state index contributed by atoms with van der Waals surface area (Å²) in [5.74, 6) is 1.98. The molecule has 0 aromatic carbocycles. The quantitative estimate of drug-likeness (QED) is 0.788. The average Bonchev–Trinajstić information content (AvgIpc) is 3.02. The van der Waals surface area contributed by atoms with Crippen molar-refractivity contribution in [3.63, 3.8) is 0 Å². The molecular formula is C18H25N5OS. The van der Waals surface area contributed by atoms with Gasteiger partial charge >= 0.3 is 0 Å². The molecule has 25 heavy (non-hydrogen) atoms. The summed E-state index contributed by atoms with van der Waals surface area (Å²) >= 11 is 1.43. The van der Waals surface area contributed by atoms with Crippen LogP contribution in [0.2, 0.25) is 0 Å². The first-order valence-corrected chi connectivity index (χ1v) is 10.2. The van der Waals surface area contributed by atoms with Crippen molar-refractivity contribution >= 4 is 23.4 Å². The summed E-state index contributed by atoms with van der Waals surface area (Å²) in [5, 5.41) is 5.12. The van der Waals surface area contributed by atoms with Gasteiger partial charge in [0, 0.05) is 24.0 Å². The van der Waals surface area contributed by atoms with E-state index in [4.69, 9.17) is 0 Å². The van der Waals surface area contributed by atoms with Crippen LogP contribution in [0.1, 0.15) is 49.9 Å². The van der Waals surface area contributed by atoms with Gasteiger partial charge in [-0.15, -0.1) is 5.10 Å². The fraction of sp³-hybridized carbons (Fsp3) is 0.667. The zero-order valence-electron chi connectivity index (χ0n) is 14.9. The van der Waals surface area contributed by atoms with Crippen molar-refractivity contribution in [1.29, 1.82) is 0 Å². The number of likely N-dealkylation sites (tertiary alicyclic amines) is 1. The van der Waals surface area contributed by atoms with Crippen LogP contribution < -0.4 is 0 Å². The SMILES string of the molecule is Cc1cc(C)n2nc(SCC(=O)N3CCC[C@H]4CCCC[C@@H]43)nc2n1. The number of fused-ring (bicyclic) bond motifs is 2. The number of rotatable bonds is 3. The highest BCUT2D eigenvalue weighted by Gasteiger charge is 2.35. The molecule has 7 heteroatoms. The lowest BCUT2D eigenvalue weighted by Crippen LogP contribution is -2.50. The summed E-state index contributed by atoms with van der Waals surface area (Å²) in [5.41, 5.74) is 1.94. The minimum atomic E-state index is 0.237. The lowest BCUT2D eigenvalue weighted by atomic mass is 9.78. The Balaban J connectivity index is 1.44. The normalized spacial score (nSPS) is 23.7. The second-order valence-electron chi connectivity index (χ2n) is 7.28. The first-order valence-electron chi connectivity index (χ1n) is 9.25. The van der Waals surface area contributed by atoms with E-state index in [0.29, 0.717) is 22.7 Å². The number of nitrogens with zero attached hydrogens (tertiary/aromatic N) is 5. The van der Waals surface area contributed by atoms with E-state index >= 15 is 0 Å². The molecule has 2 aliphatic rings. The van der Waals surface area contributed by atoms with Crippen LogP contribution in [0.25, 0.3) is 5.78 Å². The molecule has 0 bridgehead atoms. The second-order valence-corrected chi connectivity index (χ2v) is 8.22. The summed E-state index contributed by atoms with van der Waals surface area (Å²) < 4.78 is 1.75. The van der Waals surface area contributed by atoms with E-state index in [0.717, 1.165) is 30.3 Å². The van der Waals surface area contributed by atoms with Crippen LogP contribution in [0.4, 0.5) is 0 Å². The third-order valence-electron chi connectivity index (χ3n) is 5.49. The molecule has 0 spiro atoms. The molecule has 2 atom stereocenters. The molecule has 1 saturated carbocycles. The molecule has 3 heterocycles. The van der Waals surface area contributed by atoms with Crippen molar-refractivity contribution in [3.05, 3.63) is 17.5 Å². The topological polar surface area (TPSA) is 63.4 Å². The molecule has 1 amide bonds. The predicted molar refractivity (Wildman–Crippen MR) is 97.7 cm³/mol. The highest BCUT2D eigenvalue weighted by molar-refractivity contribution is 7.99.